The van der Waals surface area contributed by atoms with E-state index in [1.807, 2.05) is 19.1 Å². The lowest BCUT2D eigenvalue weighted by molar-refractivity contribution is 0.451. The Bertz CT molecular complexity index is 905. The van der Waals surface area contributed by atoms with Crippen LogP contribution in [0.1, 0.15) is 5.56 Å². The lowest BCUT2D eigenvalue weighted by Gasteiger charge is -2.02. The number of aryl methyl sites for hydroxylation is 1. The van der Waals surface area contributed by atoms with Crippen LogP contribution in [-0.2, 0) is 0 Å². The minimum absolute atomic E-state index is 0.0243. The molecule has 0 atom stereocenters. The fourth-order valence-corrected chi connectivity index (χ4v) is 1.81. The van der Waals surface area contributed by atoms with E-state index in [0.29, 0.717) is 5.56 Å². The van der Waals surface area contributed by atoms with Gasteiger partial charge in [-0.3, -0.25) is 0 Å². The summed E-state index contributed by atoms with van der Waals surface area (Å²) >= 11 is 0. The molecule has 3 aromatic rings. The standard InChI is InChI=1S/C14H9NO5/c1-7-2-4-8(5-3-7)12-15-13-11(14(18)20-12)9(16)6-10(17)19-13/h2-6,16H,1H3. The van der Waals surface area contributed by atoms with Gasteiger partial charge in [-0.15, -0.1) is 0 Å². The summed E-state index contributed by atoms with van der Waals surface area (Å²) in [5.74, 6) is -0.482. The molecule has 20 heavy (non-hydrogen) atoms. The maximum atomic E-state index is 11.8. The molecule has 2 aromatic heterocycles. The predicted octanol–water partition coefficient (Wildman–Crippen LogP) is 1.82. The monoisotopic (exact) mass is 271 g/mol. The van der Waals surface area contributed by atoms with Crippen LogP contribution in [0.2, 0.25) is 0 Å². The molecule has 3 rings (SSSR count). The molecular formula is C14H9NO5. The summed E-state index contributed by atoms with van der Waals surface area (Å²) < 4.78 is 9.87. The number of fused-ring (bicyclic) bond motifs is 1. The number of hydrogen-bond donors (Lipinski definition) is 1. The molecular weight excluding hydrogens is 262 g/mol. The third-order valence-electron chi connectivity index (χ3n) is 2.82. The molecule has 0 saturated heterocycles. The lowest BCUT2D eigenvalue weighted by Crippen LogP contribution is -2.07. The van der Waals surface area contributed by atoms with E-state index in [1.54, 1.807) is 12.1 Å². The fraction of sp³-hybridized carbons (Fsp3) is 0.0714. The molecule has 1 N–H and O–H groups in total. The number of nitrogens with zero attached hydrogens (tertiary/aromatic N) is 1. The van der Waals surface area contributed by atoms with Gasteiger partial charge in [0.05, 0.1) is 6.07 Å². The van der Waals surface area contributed by atoms with Crippen molar-refractivity contribution < 1.29 is 13.9 Å². The molecule has 0 unspecified atom stereocenters. The number of benzene rings is 1. The van der Waals surface area contributed by atoms with Gasteiger partial charge in [0.15, 0.2) is 5.39 Å². The molecule has 0 amide bonds. The first kappa shape index (κ1) is 12.2. The molecule has 0 aliphatic carbocycles. The number of hydrogen-bond acceptors (Lipinski definition) is 6. The summed E-state index contributed by atoms with van der Waals surface area (Å²) in [6.07, 6.45) is 0. The fourth-order valence-electron chi connectivity index (χ4n) is 1.81. The molecule has 0 saturated carbocycles. The Morgan fingerprint density at radius 2 is 1.80 bits per heavy atom. The van der Waals surface area contributed by atoms with Crippen molar-refractivity contribution >= 4 is 11.1 Å². The SMILES string of the molecule is Cc1ccc(-c2nc3oc(=O)cc(O)c3c(=O)o2)cc1. The van der Waals surface area contributed by atoms with E-state index in [4.69, 9.17) is 8.83 Å². The summed E-state index contributed by atoms with van der Waals surface area (Å²) in [5.41, 5.74) is -0.238. The maximum absolute atomic E-state index is 11.8. The van der Waals surface area contributed by atoms with Gasteiger partial charge >= 0.3 is 11.3 Å². The summed E-state index contributed by atoms with van der Waals surface area (Å²) in [6.45, 7) is 1.92. The topological polar surface area (TPSA) is 93.5 Å². The first-order chi connectivity index (χ1) is 9.54. The van der Waals surface area contributed by atoms with Gasteiger partial charge in [-0.25, -0.2) is 9.59 Å². The van der Waals surface area contributed by atoms with E-state index in [0.717, 1.165) is 11.6 Å². The van der Waals surface area contributed by atoms with Crippen LogP contribution < -0.4 is 11.3 Å². The van der Waals surface area contributed by atoms with Crippen molar-refractivity contribution in [2.75, 3.05) is 0 Å². The molecule has 0 radical (unpaired) electrons. The van der Waals surface area contributed by atoms with Crippen LogP contribution in [0.3, 0.4) is 0 Å². The van der Waals surface area contributed by atoms with E-state index in [9.17, 15) is 14.7 Å². The van der Waals surface area contributed by atoms with Gasteiger partial charge in [-0.1, -0.05) is 17.7 Å². The number of aromatic hydroxyl groups is 1. The van der Waals surface area contributed by atoms with Gasteiger partial charge in [0.25, 0.3) is 0 Å². The Balaban J connectivity index is 2.32. The van der Waals surface area contributed by atoms with Crippen LogP contribution in [0.5, 0.6) is 5.75 Å². The molecule has 100 valence electrons. The van der Waals surface area contributed by atoms with E-state index in [1.165, 1.54) is 0 Å². The third kappa shape index (κ3) is 1.97. The van der Waals surface area contributed by atoms with E-state index in [-0.39, 0.29) is 17.0 Å². The summed E-state index contributed by atoms with van der Waals surface area (Å²) in [4.78, 5) is 27.0. The second kappa shape index (κ2) is 4.34. The van der Waals surface area contributed by atoms with Gasteiger partial charge in [0.2, 0.25) is 11.6 Å². The molecule has 0 bridgehead atoms. The Kier molecular flexibility index (Phi) is 2.64. The Labute approximate surface area is 111 Å². The first-order valence-electron chi connectivity index (χ1n) is 5.79. The molecule has 6 heteroatoms. The summed E-state index contributed by atoms with van der Waals surface area (Å²) in [5, 5.41) is 9.32. The van der Waals surface area contributed by atoms with Gasteiger partial charge in [-0.2, -0.15) is 4.98 Å². The predicted molar refractivity (Wildman–Crippen MR) is 70.7 cm³/mol. The zero-order chi connectivity index (χ0) is 14.3. The highest BCUT2D eigenvalue weighted by atomic mass is 16.4. The molecule has 1 aromatic carbocycles. The average Bonchev–Trinajstić information content (AvgIpc) is 2.38. The second-order valence-corrected chi connectivity index (χ2v) is 4.30. The van der Waals surface area contributed by atoms with Crippen LogP contribution in [0.15, 0.2) is 48.8 Å². The summed E-state index contributed by atoms with van der Waals surface area (Å²) in [6, 6.07) is 7.92. The maximum Gasteiger partial charge on any atom is 0.354 e. The molecule has 2 heterocycles. The Morgan fingerprint density at radius 3 is 2.50 bits per heavy atom. The van der Waals surface area contributed by atoms with Gasteiger partial charge in [0.1, 0.15) is 5.75 Å². The average molecular weight is 271 g/mol. The van der Waals surface area contributed by atoms with E-state index >= 15 is 0 Å². The van der Waals surface area contributed by atoms with E-state index < -0.39 is 17.0 Å². The minimum atomic E-state index is -0.813. The van der Waals surface area contributed by atoms with Gasteiger partial charge < -0.3 is 13.9 Å². The molecule has 0 aliphatic rings. The highest BCUT2D eigenvalue weighted by Gasteiger charge is 2.14. The van der Waals surface area contributed by atoms with Gasteiger partial charge in [-0.05, 0) is 19.1 Å². The summed E-state index contributed by atoms with van der Waals surface area (Å²) in [7, 11) is 0. The molecule has 6 nitrogen and oxygen atoms in total. The van der Waals surface area contributed by atoms with Crippen LogP contribution in [0, 0.1) is 6.92 Å². The highest BCUT2D eigenvalue weighted by Crippen LogP contribution is 2.22. The zero-order valence-electron chi connectivity index (χ0n) is 10.4. The van der Waals surface area contributed by atoms with Gasteiger partial charge in [0, 0.05) is 5.56 Å². The smallest absolute Gasteiger partial charge is 0.354 e. The largest absolute Gasteiger partial charge is 0.507 e. The van der Waals surface area contributed by atoms with Crippen molar-refractivity contribution in [1.82, 2.24) is 4.98 Å². The van der Waals surface area contributed by atoms with Crippen molar-refractivity contribution in [2.24, 2.45) is 0 Å². The quantitative estimate of drug-likeness (QED) is 0.725. The van der Waals surface area contributed by atoms with E-state index in [2.05, 4.69) is 4.98 Å². The van der Waals surface area contributed by atoms with Crippen LogP contribution in [0.4, 0.5) is 0 Å². The zero-order valence-corrected chi connectivity index (χ0v) is 10.4. The minimum Gasteiger partial charge on any atom is -0.507 e. The van der Waals surface area contributed by atoms with Crippen LogP contribution in [0.25, 0.3) is 22.6 Å². The van der Waals surface area contributed by atoms with Crippen molar-refractivity contribution in [3.05, 3.63) is 56.7 Å². The lowest BCUT2D eigenvalue weighted by atomic mass is 10.1. The van der Waals surface area contributed by atoms with Crippen molar-refractivity contribution in [2.45, 2.75) is 6.92 Å². The normalized spacial score (nSPS) is 10.8. The highest BCUT2D eigenvalue weighted by molar-refractivity contribution is 5.79. The van der Waals surface area contributed by atoms with Crippen LogP contribution in [-0.4, -0.2) is 10.1 Å². The second-order valence-electron chi connectivity index (χ2n) is 4.30. The molecule has 0 fully saturated rings. The molecule has 0 aliphatic heterocycles. The first-order valence-corrected chi connectivity index (χ1v) is 5.79. The Morgan fingerprint density at radius 1 is 1.10 bits per heavy atom. The number of rotatable bonds is 1. The Hall–Kier alpha value is -2.89. The van der Waals surface area contributed by atoms with Crippen LogP contribution >= 0.6 is 0 Å². The van der Waals surface area contributed by atoms with Crippen molar-refractivity contribution in [3.63, 3.8) is 0 Å². The third-order valence-corrected chi connectivity index (χ3v) is 2.82. The van der Waals surface area contributed by atoms with Crippen molar-refractivity contribution in [3.8, 4) is 17.2 Å². The van der Waals surface area contributed by atoms with Crippen molar-refractivity contribution in [1.29, 1.82) is 0 Å². The number of aromatic nitrogens is 1. The molecule has 0 spiro atoms.